The molecule has 0 spiro atoms. The number of hydrogen-bond acceptors (Lipinski definition) is 3. The maximum Gasteiger partial charge on any atom is 0.110 e. The van der Waals surface area contributed by atoms with Gasteiger partial charge in [0.25, 0.3) is 0 Å². The van der Waals surface area contributed by atoms with E-state index in [1.54, 1.807) is 0 Å². The predicted octanol–water partition coefficient (Wildman–Crippen LogP) is 1.39. The van der Waals surface area contributed by atoms with E-state index in [9.17, 15) is 0 Å². The Morgan fingerprint density at radius 3 is 3.06 bits per heavy atom. The van der Waals surface area contributed by atoms with Crippen molar-refractivity contribution in [2.45, 2.75) is 25.8 Å². The molecule has 0 aromatic carbocycles. The van der Waals surface area contributed by atoms with E-state index in [4.69, 9.17) is 10.7 Å². The van der Waals surface area contributed by atoms with Crippen molar-refractivity contribution in [2.75, 3.05) is 6.54 Å². The largest absolute Gasteiger partial charge is 0.331 e. The average molecular weight is 228 g/mol. The van der Waals surface area contributed by atoms with E-state index in [0.29, 0.717) is 6.54 Å². The molecule has 0 bridgehead atoms. The first-order valence-corrected chi connectivity index (χ1v) is 6.10. The Morgan fingerprint density at radius 1 is 1.35 bits per heavy atom. The predicted molar refractivity (Wildman–Crippen MR) is 66.5 cm³/mol. The molecule has 0 unspecified atom stereocenters. The lowest BCUT2D eigenvalue weighted by Gasteiger charge is -2.01. The molecule has 0 aliphatic carbocycles. The number of aromatic nitrogens is 3. The molecule has 0 saturated carbocycles. The molecule has 0 amide bonds. The van der Waals surface area contributed by atoms with Crippen LogP contribution in [0.4, 0.5) is 0 Å². The zero-order chi connectivity index (χ0) is 11.7. The summed E-state index contributed by atoms with van der Waals surface area (Å²) in [5.74, 6) is 1.11. The van der Waals surface area contributed by atoms with Gasteiger partial charge in [-0.2, -0.15) is 0 Å². The Morgan fingerprint density at radius 2 is 2.29 bits per heavy atom. The van der Waals surface area contributed by atoms with Crippen molar-refractivity contribution in [3.05, 3.63) is 35.9 Å². The minimum absolute atomic E-state index is 0.651. The third-order valence-electron chi connectivity index (χ3n) is 3.22. The molecular formula is C13H16N4. The molecule has 1 aliphatic heterocycles. The lowest BCUT2D eigenvalue weighted by Crippen LogP contribution is -2.08. The van der Waals surface area contributed by atoms with Gasteiger partial charge in [0.15, 0.2) is 0 Å². The van der Waals surface area contributed by atoms with E-state index >= 15 is 0 Å². The van der Waals surface area contributed by atoms with Crippen LogP contribution in [0.5, 0.6) is 0 Å². The second-order valence-corrected chi connectivity index (χ2v) is 4.33. The first-order valence-electron chi connectivity index (χ1n) is 6.10. The van der Waals surface area contributed by atoms with Crippen molar-refractivity contribution in [1.82, 2.24) is 14.5 Å². The summed E-state index contributed by atoms with van der Waals surface area (Å²) in [5, 5.41) is 0. The zero-order valence-electron chi connectivity index (χ0n) is 9.76. The second kappa shape index (κ2) is 4.30. The second-order valence-electron chi connectivity index (χ2n) is 4.33. The zero-order valence-corrected chi connectivity index (χ0v) is 9.76. The van der Waals surface area contributed by atoms with Crippen molar-refractivity contribution in [3.63, 3.8) is 0 Å². The number of rotatable bonds is 3. The molecule has 3 heterocycles. The van der Waals surface area contributed by atoms with Gasteiger partial charge < -0.3 is 10.3 Å². The van der Waals surface area contributed by atoms with Crippen LogP contribution in [0.3, 0.4) is 0 Å². The van der Waals surface area contributed by atoms with Gasteiger partial charge in [-0.25, -0.2) is 4.98 Å². The van der Waals surface area contributed by atoms with Crippen molar-refractivity contribution in [1.29, 1.82) is 0 Å². The van der Waals surface area contributed by atoms with Crippen molar-refractivity contribution in [2.24, 2.45) is 5.73 Å². The third-order valence-corrected chi connectivity index (χ3v) is 3.22. The minimum atomic E-state index is 0.651. The standard InChI is InChI=1S/C13H16N4/c14-7-6-12-16-13(10-4-1-2-8-15-10)11-5-3-9-17(11)12/h1-2,4,8H,3,5-7,9,14H2. The van der Waals surface area contributed by atoms with Crippen molar-refractivity contribution >= 4 is 0 Å². The monoisotopic (exact) mass is 228 g/mol. The highest BCUT2D eigenvalue weighted by molar-refractivity contribution is 5.58. The number of pyridine rings is 1. The first-order chi connectivity index (χ1) is 8.40. The van der Waals surface area contributed by atoms with Crippen molar-refractivity contribution in [3.8, 4) is 11.4 Å². The number of fused-ring (bicyclic) bond motifs is 1. The van der Waals surface area contributed by atoms with E-state index in [1.165, 1.54) is 12.1 Å². The molecule has 4 heteroatoms. The van der Waals surface area contributed by atoms with Gasteiger partial charge in [-0.05, 0) is 31.5 Å². The summed E-state index contributed by atoms with van der Waals surface area (Å²) in [6.07, 6.45) is 4.97. The molecule has 0 fully saturated rings. The fourth-order valence-electron chi connectivity index (χ4n) is 2.49. The van der Waals surface area contributed by atoms with Crippen LogP contribution in [-0.2, 0) is 19.4 Å². The van der Waals surface area contributed by atoms with Gasteiger partial charge >= 0.3 is 0 Å². The molecule has 0 radical (unpaired) electrons. The molecule has 17 heavy (non-hydrogen) atoms. The third kappa shape index (κ3) is 1.74. The van der Waals surface area contributed by atoms with Gasteiger partial charge in [-0.3, -0.25) is 4.98 Å². The van der Waals surface area contributed by atoms with Crippen LogP contribution in [0.2, 0.25) is 0 Å². The first kappa shape index (κ1) is 10.5. The SMILES string of the molecule is NCCc1nc(-c2ccccn2)c2n1CCC2. The van der Waals surface area contributed by atoms with E-state index in [0.717, 1.165) is 36.6 Å². The van der Waals surface area contributed by atoms with Gasteiger partial charge in [0.2, 0.25) is 0 Å². The minimum Gasteiger partial charge on any atom is -0.331 e. The van der Waals surface area contributed by atoms with Gasteiger partial charge in [-0.1, -0.05) is 6.07 Å². The quantitative estimate of drug-likeness (QED) is 0.863. The number of imidazole rings is 1. The van der Waals surface area contributed by atoms with Crippen LogP contribution in [0.15, 0.2) is 24.4 Å². The number of nitrogens with zero attached hydrogens (tertiary/aromatic N) is 3. The highest BCUT2D eigenvalue weighted by Crippen LogP contribution is 2.28. The normalized spacial score (nSPS) is 13.9. The molecule has 0 atom stereocenters. The highest BCUT2D eigenvalue weighted by Gasteiger charge is 2.22. The summed E-state index contributed by atoms with van der Waals surface area (Å²) in [6, 6.07) is 5.96. The summed E-state index contributed by atoms with van der Waals surface area (Å²) >= 11 is 0. The van der Waals surface area contributed by atoms with E-state index in [1.807, 2.05) is 24.4 Å². The Kier molecular flexibility index (Phi) is 2.65. The van der Waals surface area contributed by atoms with Crippen LogP contribution < -0.4 is 5.73 Å². The fraction of sp³-hybridized carbons (Fsp3) is 0.385. The van der Waals surface area contributed by atoms with Gasteiger partial charge in [0.05, 0.1) is 5.69 Å². The van der Waals surface area contributed by atoms with Gasteiger partial charge in [-0.15, -0.1) is 0 Å². The Labute approximate surface area is 101 Å². The van der Waals surface area contributed by atoms with Crippen LogP contribution >= 0.6 is 0 Å². The summed E-state index contributed by atoms with van der Waals surface area (Å²) in [4.78, 5) is 9.11. The molecule has 2 N–H and O–H groups in total. The molecule has 2 aromatic heterocycles. The number of hydrogen-bond donors (Lipinski definition) is 1. The van der Waals surface area contributed by atoms with Crippen LogP contribution in [0.1, 0.15) is 17.9 Å². The molecule has 4 nitrogen and oxygen atoms in total. The Hall–Kier alpha value is -1.68. The maximum atomic E-state index is 5.63. The Balaban J connectivity index is 2.09. The lowest BCUT2D eigenvalue weighted by molar-refractivity contribution is 0.685. The smallest absolute Gasteiger partial charge is 0.110 e. The molecular weight excluding hydrogens is 212 g/mol. The van der Waals surface area contributed by atoms with Crippen LogP contribution in [-0.4, -0.2) is 21.1 Å². The average Bonchev–Trinajstić information content (AvgIpc) is 2.94. The summed E-state index contributed by atoms with van der Waals surface area (Å²) < 4.78 is 2.32. The Bertz CT molecular complexity index is 516. The molecule has 88 valence electrons. The van der Waals surface area contributed by atoms with E-state index < -0.39 is 0 Å². The van der Waals surface area contributed by atoms with Gasteiger partial charge in [0.1, 0.15) is 11.5 Å². The molecule has 1 aliphatic rings. The molecule has 0 saturated heterocycles. The van der Waals surface area contributed by atoms with Crippen molar-refractivity contribution < 1.29 is 0 Å². The summed E-state index contributed by atoms with van der Waals surface area (Å²) in [6.45, 7) is 1.72. The van der Waals surface area contributed by atoms with Crippen LogP contribution in [0, 0.1) is 0 Å². The summed E-state index contributed by atoms with van der Waals surface area (Å²) in [7, 11) is 0. The van der Waals surface area contributed by atoms with Crippen LogP contribution in [0.25, 0.3) is 11.4 Å². The topological polar surface area (TPSA) is 56.7 Å². The lowest BCUT2D eigenvalue weighted by atomic mass is 10.2. The van der Waals surface area contributed by atoms with E-state index in [-0.39, 0.29) is 0 Å². The van der Waals surface area contributed by atoms with Gasteiger partial charge in [0, 0.05) is 24.9 Å². The van der Waals surface area contributed by atoms with E-state index in [2.05, 4.69) is 9.55 Å². The number of nitrogens with two attached hydrogens (primary N) is 1. The maximum absolute atomic E-state index is 5.63. The molecule has 3 rings (SSSR count). The molecule has 2 aromatic rings. The highest BCUT2D eigenvalue weighted by atomic mass is 15.1. The fourth-order valence-corrected chi connectivity index (χ4v) is 2.49. The summed E-state index contributed by atoms with van der Waals surface area (Å²) in [5.41, 5.74) is 8.98.